The second-order valence-electron chi connectivity index (χ2n) is 11.6. The molecule has 0 spiro atoms. The van der Waals surface area contributed by atoms with Gasteiger partial charge in [-0.3, -0.25) is 4.79 Å². The molecule has 2 bridgehead atoms. The van der Waals surface area contributed by atoms with Gasteiger partial charge in [-0.2, -0.15) is 0 Å². The van der Waals surface area contributed by atoms with Crippen LogP contribution < -0.4 is 5.32 Å². The summed E-state index contributed by atoms with van der Waals surface area (Å²) in [5.41, 5.74) is 2.50. The number of hydrogen-bond donors (Lipinski definition) is 2. The first-order valence-corrected chi connectivity index (χ1v) is 13.9. The maximum atomic E-state index is 12.8. The Morgan fingerprint density at radius 3 is 2.86 bits per heavy atom. The minimum absolute atomic E-state index is 0.0165. The van der Waals surface area contributed by atoms with E-state index in [1.54, 1.807) is 6.08 Å². The van der Waals surface area contributed by atoms with Crippen LogP contribution in [0.15, 0.2) is 60.3 Å². The lowest BCUT2D eigenvalue weighted by atomic mass is 9.90. The van der Waals surface area contributed by atoms with Gasteiger partial charge in [0.1, 0.15) is 0 Å². The first-order chi connectivity index (χ1) is 17.4. The van der Waals surface area contributed by atoms with Gasteiger partial charge in [0, 0.05) is 6.04 Å². The molecule has 2 N–H and O–H groups in total. The summed E-state index contributed by atoms with van der Waals surface area (Å²) >= 11 is 0. The van der Waals surface area contributed by atoms with Crippen LogP contribution in [0.25, 0.3) is 0 Å². The first kappa shape index (κ1) is 27.1. The molecule has 0 aromatic rings. The lowest BCUT2D eigenvalue weighted by Crippen LogP contribution is -2.34. The van der Waals surface area contributed by atoms with Crippen LogP contribution in [0.2, 0.25) is 0 Å². The highest BCUT2D eigenvalue weighted by atomic mass is 16.5. The van der Waals surface area contributed by atoms with Crippen molar-refractivity contribution in [2.75, 3.05) is 6.61 Å². The van der Waals surface area contributed by atoms with Crippen molar-refractivity contribution in [1.29, 1.82) is 0 Å². The van der Waals surface area contributed by atoms with E-state index in [2.05, 4.69) is 56.1 Å². The summed E-state index contributed by atoms with van der Waals surface area (Å²) in [7, 11) is 0. The van der Waals surface area contributed by atoms with Gasteiger partial charge >= 0.3 is 0 Å². The summed E-state index contributed by atoms with van der Waals surface area (Å²) in [5, 5.41) is 14.1. The average Bonchev–Trinajstić information content (AvgIpc) is 3.58. The van der Waals surface area contributed by atoms with Crippen molar-refractivity contribution in [2.24, 2.45) is 17.8 Å². The molecule has 3 heterocycles. The van der Waals surface area contributed by atoms with E-state index in [1.807, 2.05) is 6.08 Å². The van der Waals surface area contributed by atoms with Crippen LogP contribution in [-0.2, 0) is 14.3 Å². The smallest absolute Gasteiger partial charge is 0.243 e. The predicted octanol–water partition coefficient (Wildman–Crippen LogP) is 5.58. The highest BCUT2D eigenvalue weighted by molar-refractivity contribution is 5.87. The molecule has 0 aromatic carbocycles. The predicted molar refractivity (Wildman–Crippen MR) is 144 cm³/mol. The Bertz CT molecular complexity index is 887. The van der Waals surface area contributed by atoms with Crippen molar-refractivity contribution in [3.8, 4) is 0 Å². The van der Waals surface area contributed by atoms with Gasteiger partial charge in [0.15, 0.2) is 0 Å². The molecular weight excluding hydrogens is 450 g/mol. The fourth-order valence-corrected chi connectivity index (χ4v) is 6.01. The van der Waals surface area contributed by atoms with E-state index >= 15 is 0 Å². The van der Waals surface area contributed by atoms with Crippen LogP contribution in [0.3, 0.4) is 0 Å². The van der Waals surface area contributed by atoms with Gasteiger partial charge in [0.2, 0.25) is 5.91 Å². The van der Waals surface area contributed by atoms with Crippen LogP contribution in [0.5, 0.6) is 0 Å². The maximum Gasteiger partial charge on any atom is 0.243 e. The summed E-state index contributed by atoms with van der Waals surface area (Å²) in [6.07, 6.45) is 22.1. The van der Waals surface area contributed by atoms with Crippen molar-refractivity contribution >= 4 is 5.91 Å². The van der Waals surface area contributed by atoms with Gasteiger partial charge in [-0.25, -0.2) is 0 Å². The number of aliphatic hydroxyl groups is 1. The van der Waals surface area contributed by atoms with Crippen molar-refractivity contribution in [3.63, 3.8) is 0 Å². The average molecular weight is 496 g/mol. The molecule has 1 fully saturated rings. The molecule has 4 rings (SSSR count). The first-order valence-electron chi connectivity index (χ1n) is 13.9. The zero-order valence-corrected chi connectivity index (χ0v) is 22.1. The second-order valence-corrected chi connectivity index (χ2v) is 11.6. The zero-order chi connectivity index (χ0) is 25.5. The van der Waals surface area contributed by atoms with E-state index in [0.29, 0.717) is 37.2 Å². The number of amides is 1. The molecule has 3 aliphatic heterocycles. The van der Waals surface area contributed by atoms with E-state index in [9.17, 15) is 9.90 Å². The quantitative estimate of drug-likeness (QED) is 0.502. The standard InChI is InChI=1S/C31H45NO4/c1-21-13-14-35-27(16-21)10-4-7-25-19-24-20-29(24)30(33)18-23(3)15-22(2)17-28-11-5-8-26(36-28)9-6-12-31(34)32-25/h4-6,8,10,12-13,22,24-30,33H,3,7,9,11,14-20H2,1-2H3,(H,32,34)/b10-4+,12-6-/t22-,24-,25+,26-,27+,28-,29?,30-/m0/s1. The molecule has 0 aromatic heterocycles. The molecule has 198 valence electrons. The topological polar surface area (TPSA) is 67.8 Å². The lowest BCUT2D eigenvalue weighted by molar-refractivity contribution is -0.117. The van der Waals surface area contributed by atoms with Gasteiger partial charge in [-0.15, -0.1) is 0 Å². The Kier molecular flexibility index (Phi) is 9.80. The molecule has 5 heteroatoms. The fourth-order valence-electron chi connectivity index (χ4n) is 6.01. The van der Waals surface area contributed by atoms with E-state index in [4.69, 9.17) is 9.47 Å². The van der Waals surface area contributed by atoms with Crippen molar-refractivity contribution in [2.45, 2.75) is 102 Å². The van der Waals surface area contributed by atoms with Crippen LogP contribution in [0.1, 0.15) is 71.6 Å². The van der Waals surface area contributed by atoms with Crippen LogP contribution in [0.4, 0.5) is 0 Å². The van der Waals surface area contributed by atoms with E-state index in [1.165, 1.54) is 5.57 Å². The lowest BCUT2D eigenvalue weighted by Gasteiger charge is -2.28. The van der Waals surface area contributed by atoms with Crippen LogP contribution in [-0.4, -0.2) is 48.1 Å². The van der Waals surface area contributed by atoms with E-state index in [0.717, 1.165) is 50.5 Å². The number of carbonyl (C=O) groups is 1. The minimum atomic E-state index is -0.344. The molecule has 1 amide bonds. The molecule has 8 atom stereocenters. The fraction of sp³-hybridized carbons (Fsp3) is 0.645. The molecule has 0 radical (unpaired) electrons. The Morgan fingerprint density at radius 1 is 1.17 bits per heavy atom. The molecule has 1 unspecified atom stereocenters. The SMILES string of the molecule is C=C1C[C@H](C)C[C@@H]2CC=C[C@@H](C/C=C\C(=O)N[C@H](C/C=C/[C@@H]3CC(C)=CCO3)C[C@H]3CC3[C@@H](O)C1)O2. The van der Waals surface area contributed by atoms with Crippen LogP contribution >= 0.6 is 0 Å². The number of hydrogen-bond acceptors (Lipinski definition) is 4. The highest BCUT2D eigenvalue weighted by Crippen LogP contribution is 2.46. The van der Waals surface area contributed by atoms with Crippen molar-refractivity contribution < 1.29 is 19.4 Å². The Hall–Kier alpha value is -1.95. The number of rotatable bonds is 3. The number of fused-ring (bicyclic) bond motifs is 3. The molecule has 4 aliphatic rings. The highest BCUT2D eigenvalue weighted by Gasteiger charge is 2.43. The number of ether oxygens (including phenoxy) is 2. The van der Waals surface area contributed by atoms with Gasteiger partial charge in [0.05, 0.1) is 31.0 Å². The Balaban J connectivity index is 1.40. The molecule has 1 aliphatic carbocycles. The Morgan fingerprint density at radius 2 is 2.03 bits per heavy atom. The third-order valence-corrected chi connectivity index (χ3v) is 8.00. The summed E-state index contributed by atoms with van der Waals surface area (Å²) in [4.78, 5) is 12.8. The third-order valence-electron chi connectivity index (χ3n) is 8.00. The summed E-state index contributed by atoms with van der Waals surface area (Å²) in [5.74, 6) is 1.16. The summed E-state index contributed by atoms with van der Waals surface area (Å²) in [6.45, 7) is 9.35. The van der Waals surface area contributed by atoms with Gasteiger partial charge in [-0.05, 0) is 88.5 Å². The third kappa shape index (κ3) is 8.57. The van der Waals surface area contributed by atoms with Crippen molar-refractivity contribution in [3.05, 3.63) is 60.3 Å². The maximum absolute atomic E-state index is 12.8. The van der Waals surface area contributed by atoms with Gasteiger partial charge in [0.25, 0.3) is 0 Å². The molecule has 5 nitrogen and oxygen atoms in total. The monoisotopic (exact) mass is 495 g/mol. The van der Waals surface area contributed by atoms with Gasteiger partial charge < -0.3 is 19.9 Å². The largest absolute Gasteiger partial charge is 0.392 e. The minimum Gasteiger partial charge on any atom is -0.392 e. The molecule has 1 saturated carbocycles. The van der Waals surface area contributed by atoms with Gasteiger partial charge in [-0.1, -0.05) is 61.1 Å². The number of aliphatic hydroxyl groups excluding tert-OH is 1. The number of carbonyl (C=O) groups excluding carboxylic acids is 1. The molecule has 0 saturated heterocycles. The Labute approximate surface area is 217 Å². The zero-order valence-electron chi connectivity index (χ0n) is 22.1. The number of nitrogens with one attached hydrogen (secondary N) is 1. The summed E-state index contributed by atoms with van der Waals surface area (Å²) < 4.78 is 12.1. The van der Waals surface area contributed by atoms with Crippen molar-refractivity contribution in [1.82, 2.24) is 5.32 Å². The second kappa shape index (κ2) is 13.0. The van der Waals surface area contributed by atoms with E-state index < -0.39 is 0 Å². The van der Waals surface area contributed by atoms with Crippen LogP contribution in [0, 0.1) is 17.8 Å². The van der Waals surface area contributed by atoms with E-state index in [-0.39, 0.29) is 36.4 Å². The molecule has 36 heavy (non-hydrogen) atoms. The molecular formula is C31H45NO4. The summed E-state index contributed by atoms with van der Waals surface area (Å²) in [6, 6.07) is 0.0399. The normalized spacial score (nSPS) is 39.5.